The lowest BCUT2D eigenvalue weighted by Gasteiger charge is -2.06. The molecule has 0 atom stereocenters. The molecule has 0 bridgehead atoms. The van der Waals surface area contributed by atoms with Crippen molar-refractivity contribution in [2.45, 2.75) is 33.2 Å². The Morgan fingerprint density at radius 1 is 1.39 bits per heavy atom. The number of nitrogens with one attached hydrogen (secondary N) is 2. The maximum absolute atomic E-state index is 11.7. The van der Waals surface area contributed by atoms with E-state index in [0.717, 1.165) is 30.1 Å². The maximum atomic E-state index is 11.7. The van der Waals surface area contributed by atoms with Gasteiger partial charge in [0.25, 0.3) is 0 Å². The first-order valence-electron chi connectivity index (χ1n) is 6.12. The number of sulfonamides is 1. The van der Waals surface area contributed by atoms with E-state index < -0.39 is 10.0 Å². The second-order valence-corrected chi connectivity index (χ2v) is 6.93. The van der Waals surface area contributed by atoms with Crippen molar-refractivity contribution in [3.8, 4) is 0 Å². The Morgan fingerprint density at radius 2 is 2.17 bits per heavy atom. The monoisotopic (exact) mass is 291 g/mol. The Hall–Kier alpha value is -0.500. The number of hydrogen-bond acceptors (Lipinski definition) is 5. The van der Waals surface area contributed by atoms with Crippen LogP contribution in [0.1, 0.15) is 30.3 Å². The van der Waals surface area contributed by atoms with Crippen LogP contribution in [0.5, 0.6) is 0 Å². The normalized spacial score (nSPS) is 11.9. The van der Waals surface area contributed by atoms with E-state index in [-0.39, 0.29) is 5.75 Å². The predicted molar refractivity (Wildman–Crippen MR) is 75.3 cm³/mol. The molecule has 0 fully saturated rings. The molecule has 1 rings (SSSR count). The van der Waals surface area contributed by atoms with Crippen molar-refractivity contribution in [1.29, 1.82) is 0 Å². The van der Waals surface area contributed by atoms with Crippen molar-refractivity contribution in [2.75, 3.05) is 18.8 Å². The third-order valence-electron chi connectivity index (χ3n) is 2.56. The van der Waals surface area contributed by atoms with Crippen LogP contribution in [0, 0.1) is 6.92 Å². The Labute approximate surface area is 113 Å². The van der Waals surface area contributed by atoms with E-state index >= 15 is 0 Å². The van der Waals surface area contributed by atoms with Gasteiger partial charge in [-0.2, -0.15) is 0 Å². The first-order valence-corrected chi connectivity index (χ1v) is 8.65. The average molecular weight is 291 g/mol. The van der Waals surface area contributed by atoms with Gasteiger partial charge >= 0.3 is 0 Å². The summed E-state index contributed by atoms with van der Waals surface area (Å²) in [6.07, 6.45) is 1.57. The lowest BCUT2D eigenvalue weighted by Crippen LogP contribution is -2.26. The fraction of sp³-hybridized carbons (Fsp3) is 0.727. The van der Waals surface area contributed by atoms with E-state index in [1.807, 2.05) is 13.8 Å². The third-order valence-corrected chi connectivity index (χ3v) is 4.91. The molecule has 0 saturated heterocycles. The molecule has 0 aliphatic heterocycles. The summed E-state index contributed by atoms with van der Waals surface area (Å²) < 4.78 is 26.1. The zero-order valence-electron chi connectivity index (χ0n) is 10.9. The molecule has 2 N–H and O–H groups in total. The summed E-state index contributed by atoms with van der Waals surface area (Å²) in [6, 6.07) is 0. The molecule has 0 aromatic carbocycles. The maximum Gasteiger partial charge on any atom is 0.211 e. The van der Waals surface area contributed by atoms with Gasteiger partial charge in [0.2, 0.25) is 10.0 Å². The summed E-state index contributed by atoms with van der Waals surface area (Å²) in [5.41, 5.74) is 2.63. The summed E-state index contributed by atoms with van der Waals surface area (Å²) in [5.74, 6) is 0.191. The highest BCUT2D eigenvalue weighted by Gasteiger charge is 2.11. The van der Waals surface area contributed by atoms with Gasteiger partial charge < -0.3 is 5.32 Å². The molecule has 0 amide bonds. The van der Waals surface area contributed by atoms with Crippen LogP contribution < -0.4 is 10.0 Å². The lowest BCUT2D eigenvalue weighted by atomic mass is 10.3. The standard InChI is InChI=1S/C11H21N3O2S2/c1-3-12-6-4-5-7-18(15,16)14-8-11-10(2)13-9-17-11/h9,12,14H,3-8H2,1-2H3. The van der Waals surface area contributed by atoms with Gasteiger partial charge in [-0.3, -0.25) is 0 Å². The van der Waals surface area contributed by atoms with E-state index in [4.69, 9.17) is 0 Å². The van der Waals surface area contributed by atoms with E-state index in [0.29, 0.717) is 13.0 Å². The number of nitrogens with zero attached hydrogens (tertiary/aromatic N) is 1. The smallest absolute Gasteiger partial charge is 0.211 e. The van der Waals surface area contributed by atoms with Crippen molar-refractivity contribution in [2.24, 2.45) is 0 Å². The number of hydrogen-bond donors (Lipinski definition) is 2. The molecule has 1 aromatic heterocycles. The van der Waals surface area contributed by atoms with E-state index in [2.05, 4.69) is 15.0 Å². The van der Waals surface area contributed by atoms with Crippen LogP contribution in [0.4, 0.5) is 0 Å². The molecule has 0 aliphatic carbocycles. The summed E-state index contributed by atoms with van der Waals surface area (Å²) in [6.45, 7) is 6.08. The van der Waals surface area contributed by atoms with Crippen LogP contribution in [0.25, 0.3) is 0 Å². The van der Waals surface area contributed by atoms with Crippen molar-refractivity contribution in [3.63, 3.8) is 0 Å². The Kier molecular flexibility index (Phi) is 6.77. The molecule has 0 saturated carbocycles. The quantitative estimate of drug-likeness (QED) is 0.672. The summed E-state index contributed by atoms with van der Waals surface area (Å²) in [4.78, 5) is 5.07. The molecule has 0 radical (unpaired) electrons. The van der Waals surface area contributed by atoms with E-state index in [9.17, 15) is 8.42 Å². The first-order chi connectivity index (χ1) is 8.55. The Balaban J connectivity index is 2.25. The zero-order valence-corrected chi connectivity index (χ0v) is 12.5. The van der Waals surface area contributed by atoms with Gasteiger partial charge in [-0.15, -0.1) is 11.3 Å². The SMILES string of the molecule is CCNCCCCS(=O)(=O)NCc1scnc1C. The van der Waals surface area contributed by atoms with Gasteiger partial charge in [0.05, 0.1) is 17.0 Å². The molecule has 104 valence electrons. The molecular formula is C11H21N3O2S2. The van der Waals surface area contributed by atoms with Crippen molar-refractivity contribution >= 4 is 21.4 Å². The third kappa shape index (κ3) is 5.90. The number of rotatable bonds is 9. The van der Waals surface area contributed by atoms with Crippen LogP contribution in [0.2, 0.25) is 0 Å². The second-order valence-electron chi connectivity index (χ2n) is 4.06. The highest BCUT2D eigenvalue weighted by atomic mass is 32.2. The molecule has 0 spiro atoms. The highest BCUT2D eigenvalue weighted by molar-refractivity contribution is 7.89. The Bertz CT molecular complexity index is 443. The molecule has 1 heterocycles. The van der Waals surface area contributed by atoms with Crippen molar-refractivity contribution in [1.82, 2.24) is 15.0 Å². The van der Waals surface area contributed by atoms with Crippen LogP contribution >= 0.6 is 11.3 Å². The van der Waals surface area contributed by atoms with Crippen molar-refractivity contribution < 1.29 is 8.42 Å². The fourth-order valence-corrected chi connectivity index (χ4v) is 3.36. The summed E-state index contributed by atoms with van der Waals surface area (Å²) in [5, 5.41) is 3.17. The van der Waals surface area contributed by atoms with Gasteiger partial charge in [-0.25, -0.2) is 18.1 Å². The zero-order chi connectivity index (χ0) is 13.4. The fourth-order valence-electron chi connectivity index (χ4n) is 1.46. The molecule has 7 heteroatoms. The van der Waals surface area contributed by atoms with Crippen molar-refractivity contribution in [3.05, 3.63) is 16.1 Å². The summed E-state index contributed by atoms with van der Waals surface area (Å²) in [7, 11) is -3.16. The van der Waals surface area contributed by atoms with Gasteiger partial charge in [0, 0.05) is 11.4 Å². The van der Waals surface area contributed by atoms with Crippen LogP contribution in [0.3, 0.4) is 0 Å². The Morgan fingerprint density at radius 3 is 2.78 bits per heavy atom. The van der Waals surface area contributed by atoms with Crippen LogP contribution in [0.15, 0.2) is 5.51 Å². The molecule has 0 aliphatic rings. The molecule has 1 aromatic rings. The van der Waals surface area contributed by atoms with E-state index in [1.54, 1.807) is 5.51 Å². The lowest BCUT2D eigenvalue weighted by molar-refractivity contribution is 0.574. The van der Waals surface area contributed by atoms with E-state index in [1.165, 1.54) is 11.3 Å². The molecule has 18 heavy (non-hydrogen) atoms. The predicted octanol–water partition coefficient (Wildman–Crippen LogP) is 1.26. The first kappa shape index (κ1) is 15.6. The number of aryl methyl sites for hydroxylation is 1. The largest absolute Gasteiger partial charge is 0.317 e. The van der Waals surface area contributed by atoms with Gasteiger partial charge in [-0.05, 0) is 32.9 Å². The topological polar surface area (TPSA) is 71.1 Å². The number of unbranched alkanes of at least 4 members (excludes halogenated alkanes) is 1. The molecular weight excluding hydrogens is 270 g/mol. The summed E-state index contributed by atoms with van der Waals surface area (Å²) >= 11 is 1.48. The second kappa shape index (κ2) is 7.83. The number of aromatic nitrogens is 1. The number of thiazole rings is 1. The van der Waals surface area contributed by atoms with Gasteiger partial charge in [0.15, 0.2) is 0 Å². The average Bonchev–Trinajstić information content (AvgIpc) is 2.72. The van der Waals surface area contributed by atoms with Gasteiger partial charge in [0.1, 0.15) is 0 Å². The van der Waals surface area contributed by atoms with Gasteiger partial charge in [-0.1, -0.05) is 6.92 Å². The minimum Gasteiger partial charge on any atom is -0.317 e. The molecule has 0 unspecified atom stereocenters. The van der Waals surface area contributed by atoms with Crippen LogP contribution in [-0.4, -0.2) is 32.2 Å². The van der Waals surface area contributed by atoms with Crippen LogP contribution in [-0.2, 0) is 16.6 Å². The minimum atomic E-state index is -3.16. The minimum absolute atomic E-state index is 0.191. The molecule has 5 nitrogen and oxygen atoms in total. The highest BCUT2D eigenvalue weighted by Crippen LogP contribution is 2.11.